The molecule has 0 saturated heterocycles. The van der Waals surface area contributed by atoms with Gasteiger partial charge in [-0.2, -0.15) is 5.10 Å². The minimum Gasteiger partial charge on any atom is -0.324 e. The maximum atomic E-state index is 6.72. The van der Waals surface area contributed by atoms with Gasteiger partial charge in [-0.1, -0.05) is 6.42 Å². The molecule has 2 bridgehead atoms. The molecule has 2 saturated carbocycles. The van der Waals surface area contributed by atoms with Crippen molar-refractivity contribution in [3.63, 3.8) is 0 Å². The molecule has 0 amide bonds. The number of fused-ring (bicyclic) bond motifs is 2. The molecule has 3 rings (SSSR count). The summed E-state index contributed by atoms with van der Waals surface area (Å²) in [5.74, 6) is 1.62. The van der Waals surface area contributed by atoms with E-state index in [1.54, 1.807) is 0 Å². The number of halogens is 1. The molecule has 0 aromatic carbocycles. The first-order chi connectivity index (χ1) is 8.53. The second kappa shape index (κ2) is 4.34. The first-order valence-electron chi connectivity index (χ1n) is 7.04. The molecule has 0 aliphatic heterocycles. The third-order valence-corrected chi connectivity index (χ3v) is 6.00. The molecule has 1 aromatic rings. The van der Waals surface area contributed by atoms with E-state index in [9.17, 15) is 0 Å². The Labute approximate surface area is 117 Å². The topological polar surface area (TPSA) is 43.8 Å². The lowest BCUT2D eigenvalue weighted by molar-refractivity contribution is 0.263. The second-order valence-corrected chi connectivity index (χ2v) is 6.94. The summed E-state index contributed by atoms with van der Waals surface area (Å²) in [6.07, 6.45) is 6.27. The summed E-state index contributed by atoms with van der Waals surface area (Å²) in [5, 5.41) is 4.58. The molecule has 3 nitrogen and oxygen atoms in total. The maximum Gasteiger partial charge on any atom is 0.0738 e. The molecule has 18 heavy (non-hydrogen) atoms. The van der Waals surface area contributed by atoms with Gasteiger partial charge in [0.25, 0.3) is 0 Å². The molecule has 2 fully saturated rings. The summed E-state index contributed by atoms with van der Waals surface area (Å²) in [6, 6.07) is 0. The minimum atomic E-state index is 0.0187. The van der Waals surface area contributed by atoms with E-state index in [2.05, 4.69) is 39.6 Å². The summed E-state index contributed by atoms with van der Waals surface area (Å²) in [4.78, 5) is 0. The monoisotopic (exact) mass is 311 g/mol. The fourth-order valence-electron chi connectivity index (χ4n) is 4.05. The van der Waals surface area contributed by atoms with Gasteiger partial charge in [0.05, 0.1) is 15.9 Å². The zero-order valence-electron chi connectivity index (χ0n) is 11.2. The molecular formula is C14H22BrN3. The number of nitrogens with two attached hydrogens (primary N) is 1. The molecule has 1 heterocycles. The molecule has 2 aliphatic rings. The number of nitrogens with zero attached hydrogens (tertiary/aromatic N) is 2. The van der Waals surface area contributed by atoms with Crippen LogP contribution in [0.2, 0.25) is 0 Å². The van der Waals surface area contributed by atoms with E-state index in [4.69, 9.17) is 5.73 Å². The Morgan fingerprint density at radius 1 is 1.50 bits per heavy atom. The third kappa shape index (κ3) is 1.85. The number of aromatic nitrogens is 2. The summed E-state index contributed by atoms with van der Waals surface area (Å²) in [5.41, 5.74) is 9.11. The Morgan fingerprint density at radius 2 is 2.28 bits per heavy atom. The van der Waals surface area contributed by atoms with Crippen molar-refractivity contribution in [3.05, 3.63) is 15.9 Å². The van der Waals surface area contributed by atoms with E-state index in [1.165, 1.54) is 31.4 Å². The van der Waals surface area contributed by atoms with Crippen molar-refractivity contribution >= 4 is 15.9 Å². The summed E-state index contributed by atoms with van der Waals surface area (Å²) in [6.45, 7) is 5.13. The molecule has 100 valence electrons. The van der Waals surface area contributed by atoms with Crippen molar-refractivity contribution in [1.29, 1.82) is 0 Å². The molecule has 4 heteroatoms. The van der Waals surface area contributed by atoms with Gasteiger partial charge in [-0.25, -0.2) is 0 Å². The van der Waals surface area contributed by atoms with Gasteiger partial charge < -0.3 is 5.73 Å². The normalized spacial score (nSPS) is 34.4. The highest BCUT2D eigenvalue weighted by atomic mass is 79.9. The standard InChI is InChI=1S/C14H22BrN3/c1-3-18-12(13(15)9(2)17-18)8-14(16)7-10-4-5-11(14)6-10/h10-11H,3-8,16H2,1-2H3. The van der Waals surface area contributed by atoms with E-state index >= 15 is 0 Å². The zero-order chi connectivity index (χ0) is 12.9. The Bertz CT molecular complexity index is 468. The lowest BCUT2D eigenvalue weighted by Gasteiger charge is -2.34. The van der Waals surface area contributed by atoms with Crippen LogP contribution in [0.4, 0.5) is 0 Å². The van der Waals surface area contributed by atoms with Crippen LogP contribution in [0.1, 0.15) is 44.0 Å². The summed E-state index contributed by atoms with van der Waals surface area (Å²) >= 11 is 3.69. The lowest BCUT2D eigenvalue weighted by Crippen LogP contribution is -2.47. The number of aryl methyl sites for hydroxylation is 2. The van der Waals surface area contributed by atoms with Crippen LogP contribution in [0.15, 0.2) is 4.47 Å². The van der Waals surface area contributed by atoms with Crippen molar-refractivity contribution in [2.45, 2.75) is 58.0 Å². The fraction of sp³-hybridized carbons (Fsp3) is 0.786. The van der Waals surface area contributed by atoms with E-state index in [0.717, 1.165) is 35.0 Å². The van der Waals surface area contributed by atoms with Crippen LogP contribution in [0, 0.1) is 18.8 Å². The highest BCUT2D eigenvalue weighted by molar-refractivity contribution is 9.10. The molecule has 3 unspecified atom stereocenters. The lowest BCUT2D eigenvalue weighted by atomic mass is 9.78. The smallest absolute Gasteiger partial charge is 0.0738 e. The zero-order valence-corrected chi connectivity index (χ0v) is 12.8. The largest absolute Gasteiger partial charge is 0.324 e. The number of hydrogen-bond donors (Lipinski definition) is 1. The van der Waals surface area contributed by atoms with Crippen molar-refractivity contribution in [1.82, 2.24) is 9.78 Å². The highest BCUT2D eigenvalue weighted by Crippen LogP contribution is 2.51. The summed E-state index contributed by atoms with van der Waals surface area (Å²) < 4.78 is 3.27. The van der Waals surface area contributed by atoms with Crippen LogP contribution >= 0.6 is 15.9 Å². The van der Waals surface area contributed by atoms with Gasteiger partial charge in [0.15, 0.2) is 0 Å². The predicted octanol–water partition coefficient (Wildman–Crippen LogP) is 3.03. The fourth-order valence-corrected chi connectivity index (χ4v) is 4.48. The minimum absolute atomic E-state index is 0.0187. The van der Waals surface area contributed by atoms with Gasteiger partial charge in [-0.05, 0) is 60.9 Å². The number of hydrogen-bond acceptors (Lipinski definition) is 2. The Kier molecular flexibility index (Phi) is 3.06. The van der Waals surface area contributed by atoms with E-state index in [1.807, 2.05) is 0 Å². The third-order valence-electron chi connectivity index (χ3n) is 4.97. The summed E-state index contributed by atoms with van der Waals surface area (Å²) in [7, 11) is 0. The Morgan fingerprint density at radius 3 is 2.83 bits per heavy atom. The predicted molar refractivity (Wildman–Crippen MR) is 76.4 cm³/mol. The van der Waals surface area contributed by atoms with Gasteiger partial charge >= 0.3 is 0 Å². The molecule has 3 atom stereocenters. The van der Waals surface area contributed by atoms with Crippen LogP contribution in [-0.2, 0) is 13.0 Å². The van der Waals surface area contributed by atoms with Crippen LogP contribution in [-0.4, -0.2) is 15.3 Å². The Hall–Kier alpha value is -0.350. The SMILES string of the molecule is CCn1nc(C)c(Br)c1CC1(N)CC2CCC1C2. The van der Waals surface area contributed by atoms with E-state index in [0.29, 0.717) is 0 Å². The molecule has 2 aliphatic carbocycles. The van der Waals surface area contributed by atoms with Crippen LogP contribution < -0.4 is 5.73 Å². The molecule has 0 spiro atoms. The van der Waals surface area contributed by atoms with Gasteiger partial charge in [0, 0.05) is 18.5 Å². The molecular weight excluding hydrogens is 290 g/mol. The van der Waals surface area contributed by atoms with E-state index < -0.39 is 0 Å². The first kappa shape index (κ1) is 12.7. The van der Waals surface area contributed by atoms with Crippen LogP contribution in [0.25, 0.3) is 0 Å². The van der Waals surface area contributed by atoms with Gasteiger partial charge in [0.1, 0.15) is 0 Å². The second-order valence-electron chi connectivity index (χ2n) is 6.15. The molecule has 2 N–H and O–H groups in total. The first-order valence-corrected chi connectivity index (χ1v) is 7.83. The molecule has 1 aromatic heterocycles. The van der Waals surface area contributed by atoms with Gasteiger partial charge in [0.2, 0.25) is 0 Å². The highest BCUT2D eigenvalue weighted by Gasteiger charge is 2.48. The number of rotatable bonds is 3. The van der Waals surface area contributed by atoms with Crippen molar-refractivity contribution in [3.8, 4) is 0 Å². The average molecular weight is 312 g/mol. The Balaban J connectivity index is 1.88. The van der Waals surface area contributed by atoms with Gasteiger partial charge in [-0.15, -0.1) is 0 Å². The quantitative estimate of drug-likeness (QED) is 0.932. The van der Waals surface area contributed by atoms with Crippen molar-refractivity contribution in [2.75, 3.05) is 0 Å². The average Bonchev–Trinajstić information content (AvgIpc) is 2.98. The van der Waals surface area contributed by atoms with E-state index in [-0.39, 0.29) is 5.54 Å². The maximum absolute atomic E-state index is 6.72. The van der Waals surface area contributed by atoms with Crippen molar-refractivity contribution < 1.29 is 0 Å². The van der Waals surface area contributed by atoms with Crippen molar-refractivity contribution in [2.24, 2.45) is 17.6 Å². The van der Waals surface area contributed by atoms with Crippen LogP contribution in [0.5, 0.6) is 0 Å². The van der Waals surface area contributed by atoms with Crippen LogP contribution in [0.3, 0.4) is 0 Å². The van der Waals surface area contributed by atoms with Gasteiger partial charge in [-0.3, -0.25) is 4.68 Å². The molecule has 0 radical (unpaired) electrons.